The number of hydrogen-bond acceptors (Lipinski definition) is 5. The molecule has 0 aromatic heterocycles. The third-order valence-corrected chi connectivity index (χ3v) is 6.57. The van der Waals surface area contributed by atoms with Crippen molar-refractivity contribution in [2.24, 2.45) is 0 Å². The predicted octanol–water partition coefficient (Wildman–Crippen LogP) is 4.57. The van der Waals surface area contributed by atoms with Crippen LogP contribution in [0.1, 0.15) is 30.5 Å². The molecule has 174 valence electrons. The first-order chi connectivity index (χ1) is 16.4. The maximum atomic E-state index is 12.6. The van der Waals surface area contributed by atoms with Crippen molar-refractivity contribution in [2.75, 3.05) is 7.11 Å². The van der Waals surface area contributed by atoms with E-state index in [0.29, 0.717) is 5.57 Å². The van der Waals surface area contributed by atoms with Gasteiger partial charge in [0.05, 0.1) is 24.3 Å². The van der Waals surface area contributed by atoms with Gasteiger partial charge in [0.2, 0.25) is 0 Å². The number of methoxy groups -OCH3 is 1. The van der Waals surface area contributed by atoms with Crippen LogP contribution in [0.3, 0.4) is 0 Å². The van der Waals surface area contributed by atoms with Crippen LogP contribution in [0, 0.1) is 0 Å². The van der Waals surface area contributed by atoms with Gasteiger partial charge in [0.25, 0.3) is 0 Å². The average molecular weight is 456 g/mol. The minimum Gasteiger partial charge on any atom is -0.466 e. The number of carbonyl (C=O) groups is 1. The quantitative estimate of drug-likeness (QED) is 0.436. The van der Waals surface area contributed by atoms with Crippen LogP contribution in [-0.4, -0.2) is 37.1 Å². The van der Waals surface area contributed by atoms with E-state index >= 15 is 0 Å². The van der Waals surface area contributed by atoms with Gasteiger partial charge in [0, 0.05) is 0 Å². The van der Waals surface area contributed by atoms with E-state index in [1.807, 2.05) is 74.5 Å². The molecule has 0 amide bonds. The van der Waals surface area contributed by atoms with Crippen molar-refractivity contribution >= 4 is 5.97 Å². The molecule has 0 radical (unpaired) electrons. The zero-order chi connectivity index (χ0) is 23.8. The fourth-order valence-electron chi connectivity index (χ4n) is 5.17. The van der Waals surface area contributed by atoms with E-state index in [0.717, 1.165) is 16.7 Å². The first kappa shape index (κ1) is 22.5. The maximum Gasteiger partial charge on any atom is 0.336 e. The molecule has 5 nitrogen and oxygen atoms in total. The van der Waals surface area contributed by atoms with E-state index in [9.17, 15) is 4.79 Å². The number of carbonyl (C=O) groups excluding carboxylic acids is 1. The summed E-state index contributed by atoms with van der Waals surface area (Å²) < 4.78 is 17.5. The molecular formula is C29H29NO4. The zero-order valence-electron chi connectivity index (χ0n) is 19.6. The second kappa shape index (κ2) is 8.84. The molecule has 1 N–H and O–H groups in total. The van der Waals surface area contributed by atoms with Crippen molar-refractivity contribution in [1.82, 2.24) is 5.32 Å². The Kier molecular flexibility index (Phi) is 5.86. The third-order valence-electron chi connectivity index (χ3n) is 6.57. The molecule has 3 aromatic rings. The molecule has 1 aliphatic heterocycles. The molecule has 1 saturated heterocycles. The van der Waals surface area contributed by atoms with Gasteiger partial charge in [-0.1, -0.05) is 97.1 Å². The Hall–Kier alpha value is -3.25. The second-order valence-corrected chi connectivity index (χ2v) is 9.15. The summed E-state index contributed by atoms with van der Waals surface area (Å²) in [7, 11) is 1.39. The average Bonchev–Trinajstić information content (AvgIpc) is 3.36. The highest BCUT2D eigenvalue weighted by atomic mass is 16.8. The van der Waals surface area contributed by atoms with Gasteiger partial charge in [-0.3, -0.25) is 5.32 Å². The first-order valence-corrected chi connectivity index (χ1v) is 11.5. The lowest BCUT2D eigenvalue weighted by atomic mass is 9.76. The first-order valence-electron chi connectivity index (χ1n) is 11.5. The van der Waals surface area contributed by atoms with Crippen LogP contribution < -0.4 is 5.32 Å². The van der Waals surface area contributed by atoms with Crippen LogP contribution in [0.4, 0.5) is 0 Å². The summed E-state index contributed by atoms with van der Waals surface area (Å²) in [6, 6.07) is 30.8. The van der Waals surface area contributed by atoms with Crippen LogP contribution in [0.5, 0.6) is 0 Å². The number of esters is 1. The Balaban J connectivity index is 1.69. The molecule has 0 bridgehead atoms. The van der Waals surface area contributed by atoms with E-state index < -0.39 is 23.4 Å². The monoisotopic (exact) mass is 455 g/mol. The molecule has 2 aliphatic rings. The Labute approximate surface area is 200 Å². The van der Waals surface area contributed by atoms with Gasteiger partial charge in [-0.05, 0) is 30.5 Å². The Morgan fingerprint density at radius 3 is 1.74 bits per heavy atom. The number of benzene rings is 3. The van der Waals surface area contributed by atoms with Crippen molar-refractivity contribution in [3.63, 3.8) is 0 Å². The summed E-state index contributed by atoms with van der Waals surface area (Å²) in [5.74, 6) is -1.21. The highest BCUT2D eigenvalue weighted by molar-refractivity contribution is 5.90. The number of hydrogen-bond donors (Lipinski definition) is 1. The number of ether oxygens (including phenoxy) is 3. The van der Waals surface area contributed by atoms with E-state index in [2.05, 4.69) is 41.7 Å². The summed E-state index contributed by atoms with van der Waals surface area (Å²) >= 11 is 0. The van der Waals surface area contributed by atoms with Gasteiger partial charge in [0.15, 0.2) is 5.79 Å². The summed E-state index contributed by atoms with van der Waals surface area (Å²) in [6.45, 7) is 3.74. The summed E-state index contributed by atoms with van der Waals surface area (Å²) in [5.41, 5.74) is 3.04. The van der Waals surface area contributed by atoms with Gasteiger partial charge in [-0.2, -0.15) is 0 Å². The van der Waals surface area contributed by atoms with Gasteiger partial charge >= 0.3 is 5.97 Å². The van der Waals surface area contributed by atoms with Gasteiger partial charge < -0.3 is 14.2 Å². The van der Waals surface area contributed by atoms with E-state index in [-0.39, 0.29) is 12.1 Å². The molecule has 3 aromatic carbocycles. The van der Waals surface area contributed by atoms with Gasteiger partial charge in [-0.25, -0.2) is 4.79 Å². The lowest BCUT2D eigenvalue weighted by Crippen LogP contribution is -2.53. The smallest absolute Gasteiger partial charge is 0.336 e. The zero-order valence-corrected chi connectivity index (χ0v) is 19.6. The molecular weight excluding hydrogens is 426 g/mol. The van der Waals surface area contributed by atoms with Crippen LogP contribution in [0.25, 0.3) is 0 Å². The van der Waals surface area contributed by atoms with Crippen molar-refractivity contribution in [2.45, 2.75) is 43.4 Å². The summed E-state index contributed by atoms with van der Waals surface area (Å²) in [6.07, 6.45) is 1.03. The summed E-state index contributed by atoms with van der Waals surface area (Å²) in [5, 5.41) is 3.91. The standard InChI is InChI=1S/C29H29NO4/c1-28(2)33-25-23(27(31)32-3)19-24(26(25)34-28)30-29(20-13-7-4-8-14-20,21-15-9-5-10-16-21)22-17-11-6-12-18-22/h4-19,24-26,30H,1-3H3/t24-,25-,26+/m1/s1. The van der Waals surface area contributed by atoms with Gasteiger partial charge in [-0.15, -0.1) is 0 Å². The van der Waals surface area contributed by atoms with Crippen molar-refractivity contribution in [3.05, 3.63) is 119 Å². The molecule has 3 atom stereocenters. The molecule has 0 saturated carbocycles. The highest BCUT2D eigenvalue weighted by Gasteiger charge is 2.54. The molecule has 1 heterocycles. The third kappa shape index (κ3) is 3.86. The van der Waals surface area contributed by atoms with Crippen LogP contribution >= 0.6 is 0 Å². The molecule has 5 heteroatoms. The Bertz CT molecular complexity index is 1080. The number of fused-ring (bicyclic) bond motifs is 1. The molecule has 1 aliphatic carbocycles. The SMILES string of the molecule is COC(=O)C1=C[C@@H](NC(c2ccccc2)(c2ccccc2)c2ccccc2)[C@@H]2OC(C)(C)O[C@H]12. The molecule has 0 unspecified atom stereocenters. The number of nitrogens with one attached hydrogen (secondary N) is 1. The van der Waals surface area contributed by atoms with Crippen LogP contribution in [0.2, 0.25) is 0 Å². The van der Waals surface area contributed by atoms with Crippen LogP contribution in [-0.2, 0) is 24.5 Å². The number of rotatable bonds is 6. The normalized spacial score (nSPS) is 23.3. The minimum absolute atomic E-state index is 0.304. The van der Waals surface area contributed by atoms with E-state index in [1.54, 1.807) is 0 Å². The lowest BCUT2D eigenvalue weighted by molar-refractivity contribution is -0.150. The Morgan fingerprint density at radius 1 is 0.824 bits per heavy atom. The topological polar surface area (TPSA) is 56.8 Å². The maximum absolute atomic E-state index is 12.6. The van der Waals surface area contributed by atoms with Crippen molar-refractivity contribution < 1.29 is 19.0 Å². The highest BCUT2D eigenvalue weighted by Crippen LogP contribution is 2.43. The fourth-order valence-corrected chi connectivity index (χ4v) is 5.17. The second-order valence-electron chi connectivity index (χ2n) is 9.15. The summed E-state index contributed by atoms with van der Waals surface area (Å²) in [4.78, 5) is 12.6. The van der Waals surface area contributed by atoms with Gasteiger partial charge in [0.1, 0.15) is 12.2 Å². The fraction of sp³-hybridized carbons (Fsp3) is 0.276. The van der Waals surface area contributed by atoms with E-state index in [1.165, 1.54) is 7.11 Å². The van der Waals surface area contributed by atoms with E-state index in [4.69, 9.17) is 14.2 Å². The molecule has 5 rings (SSSR count). The predicted molar refractivity (Wildman–Crippen MR) is 130 cm³/mol. The van der Waals surface area contributed by atoms with Crippen LogP contribution in [0.15, 0.2) is 103 Å². The molecule has 1 fully saturated rings. The molecule has 0 spiro atoms. The van der Waals surface area contributed by atoms with Crippen molar-refractivity contribution in [3.8, 4) is 0 Å². The lowest BCUT2D eigenvalue weighted by Gasteiger charge is -2.40. The van der Waals surface area contributed by atoms with Crippen molar-refractivity contribution in [1.29, 1.82) is 0 Å². The largest absolute Gasteiger partial charge is 0.466 e. The minimum atomic E-state index is -0.808. The Morgan fingerprint density at radius 2 is 1.29 bits per heavy atom. The molecule has 34 heavy (non-hydrogen) atoms.